The molecule has 0 aliphatic rings. The number of nitrogens with one attached hydrogen (secondary N) is 1. The molecule has 0 radical (unpaired) electrons. The van der Waals surface area contributed by atoms with Crippen LogP contribution in [0.25, 0.3) is 0 Å². The molecule has 0 aliphatic carbocycles. The molecule has 2 aromatic rings. The van der Waals surface area contributed by atoms with Gasteiger partial charge in [-0.15, -0.1) is 0 Å². The molecule has 1 aromatic heterocycles. The quantitative estimate of drug-likeness (QED) is 0.526. The van der Waals surface area contributed by atoms with Gasteiger partial charge in [0.25, 0.3) is 5.69 Å². The monoisotopic (exact) mass is 273 g/mol. The minimum Gasteiger partial charge on any atom is -0.372 e. The number of hydrogen-bond acceptors (Lipinski definition) is 5. The lowest BCUT2D eigenvalue weighted by Gasteiger charge is -2.01. The van der Waals surface area contributed by atoms with Crippen LogP contribution in [0.1, 0.15) is 11.3 Å². The molecule has 20 heavy (non-hydrogen) atoms. The number of aromatic nitrogens is 2. The lowest BCUT2D eigenvalue weighted by Crippen LogP contribution is -1.98. The third kappa shape index (κ3) is 2.66. The van der Waals surface area contributed by atoms with Crippen molar-refractivity contribution in [2.45, 2.75) is 6.92 Å². The van der Waals surface area contributed by atoms with Crippen molar-refractivity contribution in [1.82, 2.24) is 9.78 Å². The maximum atomic E-state index is 10.6. The van der Waals surface area contributed by atoms with E-state index in [0.717, 1.165) is 22.8 Å². The number of aliphatic imine (C=N–C) groups is 1. The van der Waals surface area contributed by atoms with Crippen LogP contribution in [0.4, 0.5) is 17.2 Å². The van der Waals surface area contributed by atoms with Crippen LogP contribution in [0.5, 0.6) is 0 Å². The van der Waals surface area contributed by atoms with Gasteiger partial charge in [-0.25, -0.2) is 0 Å². The average Bonchev–Trinajstić information content (AvgIpc) is 2.70. The normalized spacial score (nSPS) is 10.9. The summed E-state index contributed by atoms with van der Waals surface area (Å²) in [5.74, 6) is 0.820. The number of nitro groups is 1. The highest BCUT2D eigenvalue weighted by molar-refractivity contribution is 5.84. The van der Waals surface area contributed by atoms with E-state index in [1.165, 1.54) is 12.1 Å². The number of non-ortho nitro benzene ring substituents is 1. The Bertz CT molecular complexity index is 658. The molecule has 0 bridgehead atoms. The Morgan fingerprint density at radius 3 is 2.60 bits per heavy atom. The third-order valence-electron chi connectivity index (χ3n) is 2.87. The van der Waals surface area contributed by atoms with Gasteiger partial charge >= 0.3 is 0 Å². The van der Waals surface area contributed by atoms with Gasteiger partial charge in [0.05, 0.1) is 10.6 Å². The van der Waals surface area contributed by atoms with E-state index in [-0.39, 0.29) is 5.69 Å². The van der Waals surface area contributed by atoms with Crippen molar-refractivity contribution < 1.29 is 4.92 Å². The second-order valence-corrected chi connectivity index (χ2v) is 4.26. The molecule has 104 valence electrons. The zero-order valence-electron chi connectivity index (χ0n) is 11.5. The molecule has 0 atom stereocenters. The summed E-state index contributed by atoms with van der Waals surface area (Å²) in [5, 5.41) is 17.9. The summed E-state index contributed by atoms with van der Waals surface area (Å²) >= 11 is 0. The first kappa shape index (κ1) is 13.7. The van der Waals surface area contributed by atoms with Gasteiger partial charge in [0.2, 0.25) is 0 Å². The van der Waals surface area contributed by atoms with E-state index in [9.17, 15) is 10.1 Å². The Balaban J connectivity index is 2.27. The highest BCUT2D eigenvalue weighted by Gasteiger charge is 2.10. The topological polar surface area (TPSA) is 85.3 Å². The molecular weight excluding hydrogens is 258 g/mol. The summed E-state index contributed by atoms with van der Waals surface area (Å²) in [7, 11) is 3.64. The van der Waals surface area contributed by atoms with Crippen molar-refractivity contribution in [3.8, 4) is 0 Å². The van der Waals surface area contributed by atoms with Crippen LogP contribution in [0.2, 0.25) is 0 Å². The molecule has 0 saturated carbocycles. The number of nitrogens with zero attached hydrogens (tertiary/aromatic N) is 4. The summed E-state index contributed by atoms with van der Waals surface area (Å²) in [6.45, 7) is 1.88. The Hall–Kier alpha value is -2.70. The van der Waals surface area contributed by atoms with Crippen molar-refractivity contribution >= 4 is 23.4 Å². The number of rotatable bonds is 4. The van der Waals surface area contributed by atoms with Crippen molar-refractivity contribution in [2.24, 2.45) is 12.0 Å². The van der Waals surface area contributed by atoms with E-state index in [1.807, 2.05) is 14.0 Å². The second-order valence-electron chi connectivity index (χ2n) is 4.26. The first-order valence-electron chi connectivity index (χ1n) is 6.03. The smallest absolute Gasteiger partial charge is 0.269 e. The SMILES string of the molecule is CNc1c(N=Cc2ccc([N+](=O)[O-])cc2)c(C)nn1C. The molecular formula is C13H15N5O2. The fraction of sp³-hybridized carbons (Fsp3) is 0.231. The number of aryl methyl sites for hydroxylation is 2. The van der Waals surface area contributed by atoms with Crippen LogP contribution in [-0.2, 0) is 7.05 Å². The second kappa shape index (κ2) is 5.52. The Labute approximate surface area is 116 Å². The molecule has 1 N–H and O–H groups in total. The van der Waals surface area contributed by atoms with Crippen molar-refractivity contribution in [1.29, 1.82) is 0 Å². The minimum absolute atomic E-state index is 0.0654. The number of benzene rings is 1. The molecule has 0 amide bonds. The molecule has 0 fully saturated rings. The van der Waals surface area contributed by atoms with E-state index in [2.05, 4.69) is 15.4 Å². The summed E-state index contributed by atoms with van der Waals surface area (Å²) in [6, 6.07) is 6.23. The lowest BCUT2D eigenvalue weighted by atomic mass is 10.2. The predicted octanol–water partition coefficient (Wildman–Crippen LogP) is 2.43. The van der Waals surface area contributed by atoms with Gasteiger partial charge in [0.15, 0.2) is 0 Å². The third-order valence-corrected chi connectivity index (χ3v) is 2.87. The summed E-state index contributed by atoms with van der Waals surface area (Å²) < 4.78 is 1.72. The van der Waals surface area contributed by atoms with E-state index in [4.69, 9.17) is 0 Å². The summed E-state index contributed by atoms with van der Waals surface area (Å²) in [6.07, 6.45) is 1.66. The number of anilines is 1. The van der Waals surface area contributed by atoms with E-state index >= 15 is 0 Å². The molecule has 2 rings (SSSR count). The van der Waals surface area contributed by atoms with Gasteiger partial charge < -0.3 is 5.32 Å². The molecule has 0 aliphatic heterocycles. The van der Waals surface area contributed by atoms with Gasteiger partial charge in [0.1, 0.15) is 11.5 Å². The first-order chi connectivity index (χ1) is 9.52. The maximum absolute atomic E-state index is 10.6. The molecule has 1 aromatic carbocycles. The largest absolute Gasteiger partial charge is 0.372 e. The molecule has 0 saturated heterocycles. The molecule has 0 spiro atoms. The number of nitro benzene ring substituents is 1. The van der Waals surface area contributed by atoms with Crippen LogP contribution >= 0.6 is 0 Å². The molecule has 7 nitrogen and oxygen atoms in total. The minimum atomic E-state index is -0.425. The Kier molecular flexibility index (Phi) is 3.79. The van der Waals surface area contributed by atoms with E-state index in [1.54, 1.807) is 30.1 Å². The van der Waals surface area contributed by atoms with Gasteiger partial charge in [-0.1, -0.05) is 0 Å². The van der Waals surface area contributed by atoms with Gasteiger partial charge in [-0.05, 0) is 24.6 Å². The zero-order chi connectivity index (χ0) is 14.7. The van der Waals surface area contributed by atoms with Crippen LogP contribution in [0.15, 0.2) is 29.3 Å². The van der Waals surface area contributed by atoms with Gasteiger partial charge in [0, 0.05) is 32.4 Å². The van der Waals surface area contributed by atoms with E-state index < -0.39 is 4.92 Å². The van der Waals surface area contributed by atoms with Gasteiger partial charge in [-0.3, -0.25) is 19.8 Å². The standard InChI is InChI=1S/C13H15N5O2/c1-9-12(13(14-2)17(3)16-9)15-8-10-4-6-11(7-5-10)18(19)20/h4-8,14H,1-3H3. The fourth-order valence-electron chi connectivity index (χ4n) is 1.90. The lowest BCUT2D eigenvalue weighted by molar-refractivity contribution is -0.384. The van der Waals surface area contributed by atoms with Crippen LogP contribution < -0.4 is 5.32 Å². The van der Waals surface area contributed by atoms with Crippen LogP contribution in [-0.4, -0.2) is 28.0 Å². The van der Waals surface area contributed by atoms with Crippen molar-refractivity contribution in [2.75, 3.05) is 12.4 Å². The Morgan fingerprint density at radius 1 is 1.40 bits per heavy atom. The average molecular weight is 273 g/mol. The number of hydrogen-bond donors (Lipinski definition) is 1. The predicted molar refractivity (Wildman–Crippen MR) is 77.8 cm³/mol. The van der Waals surface area contributed by atoms with Gasteiger partial charge in [-0.2, -0.15) is 5.10 Å². The zero-order valence-corrected chi connectivity index (χ0v) is 11.5. The molecule has 7 heteroatoms. The van der Waals surface area contributed by atoms with E-state index in [0.29, 0.717) is 0 Å². The molecule has 1 heterocycles. The summed E-state index contributed by atoms with van der Waals surface area (Å²) in [4.78, 5) is 14.6. The first-order valence-corrected chi connectivity index (χ1v) is 6.03. The van der Waals surface area contributed by atoms with Crippen molar-refractivity contribution in [3.63, 3.8) is 0 Å². The maximum Gasteiger partial charge on any atom is 0.269 e. The van der Waals surface area contributed by atoms with Crippen LogP contribution in [0, 0.1) is 17.0 Å². The van der Waals surface area contributed by atoms with Crippen LogP contribution in [0.3, 0.4) is 0 Å². The summed E-state index contributed by atoms with van der Waals surface area (Å²) in [5.41, 5.74) is 2.43. The highest BCUT2D eigenvalue weighted by atomic mass is 16.6. The highest BCUT2D eigenvalue weighted by Crippen LogP contribution is 2.27. The fourth-order valence-corrected chi connectivity index (χ4v) is 1.90. The van der Waals surface area contributed by atoms with Crippen molar-refractivity contribution in [3.05, 3.63) is 45.6 Å². The molecule has 0 unspecified atom stereocenters. The Morgan fingerprint density at radius 2 is 2.05 bits per heavy atom.